The maximum atomic E-state index is 10.8. The molecule has 1 aromatic heterocycles. The van der Waals surface area contributed by atoms with Gasteiger partial charge in [0, 0.05) is 23.4 Å². The topological polar surface area (TPSA) is 48.7 Å². The van der Waals surface area contributed by atoms with Crippen molar-refractivity contribution < 1.29 is 18.7 Å². The fourth-order valence-corrected chi connectivity index (χ4v) is 4.67. The van der Waals surface area contributed by atoms with E-state index >= 15 is 0 Å². The summed E-state index contributed by atoms with van der Waals surface area (Å²) in [6.45, 7) is 12.7. The number of unbranched alkanes of at least 4 members (excludes halogenated alkanes) is 2. The van der Waals surface area contributed by atoms with Crippen molar-refractivity contribution in [3.8, 4) is 17.1 Å². The monoisotopic (exact) mass is 450 g/mol. The molecule has 0 unspecified atom stereocenters. The Labute approximate surface area is 198 Å². The number of carbonyl (C=O) groups is 1. The van der Waals surface area contributed by atoms with Gasteiger partial charge in [0.2, 0.25) is 0 Å². The van der Waals surface area contributed by atoms with E-state index in [-0.39, 0.29) is 0 Å². The largest absolute Gasteiger partial charge is 0.488 e. The number of hydrogen-bond acceptors (Lipinski definition) is 4. The van der Waals surface area contributed by atoms with Gasteiger partial charge < -0.3 is 13.9 Å². The highest BCUT2D eigenvalue weighted by atomic mass is 16.5. The minimum Gasteiger partial charge on any atom is -0.488 e. The van der Waals surface area contributed by atoms with E-state index in [1.54, 1.807) is 0 Å². The van der Waals surface area contributed by atoms with Crippen LogP contribution < -0.4 is 4.74 Å². The molecule has 1 heterocycles. The Morgan fingerprint density at radius 1 is 0.939 bits per heavy atom. The predicted octanol–water partition coefficient (Wildman–Crippen LogP) is 7.89. The summed E-state index contributed by atoms with van der Waals surface area (Å²) in [5.74, 6) is 1.62. The SMILES string of the molecule is CCCCCc1ccc(-c2cc3ccc(OC(C)(C)CC(C)(C)OC=O)cc3o2)c(CC)c1. The van der Waals surface area contributed by atoms with Crippen molar-refractivity contribution >= 4 is 17.4 Å². The number of carbonyl (C=O) groups excluding carboxylic acids is 1. The van der Waals surface area contributed by atoms with E-state index in [9.17, 15) is 4.79 Å². The van der Waals surface area contributed by atoms with Crippen LogP contribution in [-0.4, -0.2) is 17.7 Å². The summed E-state index contributed by atoms with van der Waals surface area (Å²) in [7, 11) is 0. The molecule has 3 aromatic rings. The third-order valence-electron chi connectivity index (χ3n) is 5.99. The fourth-order valence-electron chi connectivity index (χ4n) is 4.67. The normalized spacial score (nSPS) is 12.2. The second-order valence-electron chi connectivity index (χ2n) is 10.1. The molecule has 0 aliphatic heterocycles. The molecule has 0 spiro atoms. The Balaban J connectivity index is 1.82. The summed E-state index contributed by atoms with van der Waals surface area (Å²) in [6, 6.07) is 14.8. The van der Waals surface area contributed by atoms with Gasteiger partial charge in [-0.3, -0.25) is 4.79 Å². The molecule has 0 atom stereocenters. The summed E-state index contributed by atoms with van der Waals surface area (Å²) in [5, 5.41) is 1.05. The van der Waals surface area contributed by atoms with E-state index in [2.05, 4.69) is 38.1 Å². The van der Waals surface area contributed by atoms with Gasteiger partial charge in [0.1, 0.15) is 28.3 Å². The molecule has 0 saturated carbocycles. The van der Waals surface area contributed by atoms with Crippen LogP contribution in [0.15, 0.2) is 46.9 Å². The highest BCUT2D eigenvalue weighted by Crippen LogP contribution is 2.35. The predicted molar refractivity (Wildman–Crippen MR) is 135 cm³/mol. The molecular weight excluding hydrogens is 412 g/mol. The molecule has 4 nitrogen and oxygen atoms in total. The molecule has 2 aromatic carbocycles. The number of furan rings is 1. The summed E-state index contributed by atoms with van der Waals surface area (Å²) in [4.78, 5) is 10.8. The van der Waals surface area contributed by atoms with Crippen molar-refractivity contribution in [2.75, 3.05) is 0 Å². The van der Waals surface area contributed by atoms with Crippen LogP contribution in [0, 0.1) is 0 Å². The molecule has 0 radical (unpaired) electrons. The van der Waals surface area contributed by atoms with Gasteiger partial charge in [0.05, 0.1) is 0 Å². The van der Waals surface area contributed by atoms with E-state index in [0.717, 1.165) is 40.9 Å². The van der Waals surface area contributed by atoms with Crippen LogP contribution in [0.3, 0.4) is 0 Å². The standard InChI is InChI=1S/C29H38O4/c1-7-9-10-11-21-12-15-25(22(8-2)16-21)27-17-23-13-14-24(18-26(23)32-27)33-29(5,6)19-28(3,4)31-20-30/h12-18,20H,7-11,19H2,1-6H3. The number of ether oxygens (including phenoxy) is 2. The molecule has 0 N–H and O–H groups in total. The molecule has 0 amide bonds. The number of aryl methyl sites for hydroxylation is 2. The van der Waals surface area contributed by atoms with Gasteiger partial charge in [-0.05, 0) is 76.3 Å². The highest BCUT2D eigenvalue weighted by molar-refractivity contribution is 5.84. The van der Waals surface area contributed by atoms with E-state index in [4.69, 9.17) is 13.9 Å². The smallest absolute Gasteiger partial charge is 0.293 e. The van der Waals surface area contributed by atoms with Gasteiger partial charge in [-0.2, -0.15) is 0 Å². The quantitative estimate of drug-likeness (QED) is 0.208. The summed E-state index contributed by atoms with van der Waals surface area (Å²) in [5.41, 5.74) is 3.56. The minimum atomic E-state index is -0.605. The second kappa shape index (κ2) is 10.5. The second-order valence-corrected chi connectivity index (χ2v) is 10.1. The molecule has 0 fully saturated rings. The molecular formula is C29H38O4. The first-order valence-electron chi connectivity index (χ1n) is 12.1. The highest BCUT2D eigenvalue weighted by Gasteiger charge is 2.32. The van der Waals surface area contributed by atoms with Gasteiger partial charge in [-0.1, -0.05) is 44.9 Å². The zero-order valence-electron chi connectivity index (χ0n) is 21.0. The Morgan fingerprint density at radius 2 is 1.73 bits per heavy atom. The zero-order chi connectivity index (χ0) is 24.1. The lowest BCUT2D eigenvalue weighted by Gasteiger charge is -2.34. The van der Waals surface area contributed by atoms with Gasteiger partial charge in [-0.15, -0.1) is 0 Å². The van der Waals surface area contributed by atoms with Crippen molar-refractivity contribution in [3.05, 3.63) is 53.6 Å². The summed E-state index contributed by atoms with van der Waals surface area (Å²) < 4.78 is 17.7. The minimum absolute atomic E-state index is 0.495. The Hall–Kier alpha value is -2.75. The lowest BCUT2D eigenvalue weighted by Crippen LogP contribution is -2.39. The van der Waals surface area contributed by atoms with Crippen LogP contribution in [0.1, 0.15) is 78.4 Å². The third kappa shape index (κ3) is 6.63. The molecule has 178 valence electrons. The lowest BCUT2D eigenvalue weighted by molar-refractivity contribution is -0.144. The molecule has 33 heavy (non-hydrogen) atoms. The van der Waals surface area contributed by atoms with E-state index in [0.29, 0.717) is 12.9 Å². The van der Waals surface area contributed by atoms with Gasteiger partial charge >= 0.3 is 0 Å². The van der Waals surface area contributed by atoms with Crippen molar-refractivity contribution in [1.29, 1.82) is 0 Å². The van der Waals surface area contributed by atoms with Gasteiger partial charge in [0.25, 0.3) is 6.47 Å². The average molecular weight is 451 g/mol. The molecule has 0 bridgehead atoms. The lowest BCUT2D eigenvalue weighted by atomic mass is 9.92. The van der Waals surface area contributed by atoms with Crippen LogP contribution in [0.25, 0.3) is 22.3 Å². The van der Waals surface area contributed by atoms with Crippen molar-refractivity contribution in [1.82, 2.24) is 0 Å². The van der Waals surface area contributed by atoms with Crippen LogP contribution in [-0.2, 0) is 22.4 Å². The maximum Gasteiger partial charge on any atom is 0.293 e. The third-order valence-corrected chi connectivity index (χ3v) is 5.99. The molecule has 4 heteroatoms. The molecule has 0 saturated heterocycles. The van der Waals surface area contributed by atoms with Crippen molar-refractivity contribution in [2.24, 2.45) is 0 Å². The van der Waals surface area contributed by atoms with Crippen LogP contribution >= 0.6 is 0 Å². The average Bonchev–Trinajstić information content (AvgIpc) is 3.15. The molecule has 0 aliphatic carbocycles. The fraction of sp³-hybridized carbons (Fsp3) is 0.483. The first kappa shape index (κ1) is 24.9. The van der Waals surface area contributed by atoms with E-state index in [1.807, 2.05) is 45.9 Å². The summed E-state index contributed by atoms with van der Waals surface area (Å²) >= 11 is 0. The van der Waals surface area contributed by atoms with Crippen LogP contribution in [0.4, 0.5) is 0 Å². The summed E-state index contributed by atoms with van der Waals surface area (Å²) in [6.07, 6.45) is 6.41. The zero-order valence-corrected chi connectivity index (χ0v) is 21.0. The Kier molecular flexibility index (Phi) is 7.88. The van der Waals surface area contributed by atoms with Crippen LogP contribution in [0.5, 0.6) is 5.75 Å². The first-order valence-corrected chi connectivity index (χ1v) is 12.1. The maximum absolute atomic E-state index is 10.8. The molecule has 0 aliphatic rings. The van der Waals surface area contributed by atoms with Crippen LogP contribution in [0.2, 0.25) is 0 Å². The van der Waals surface area contributed by atoms with Gasteiger partial charge in [0.15, 0.2) is 0 Å². The number of benzene rings is 2. The number of hydrogen-bond donors (Lipinski definition) is 0. The van der Waals surface area contributed by atoms with E-state index in [1.165, 1.54) is 30.4 Å². The number of fused-ring (bicyclic) bond motifs is 1. The first-order chi connectivity index (χ1) is 15.7. The molecule has 3 rings (SSSR count). The van der Waals surface area contributed by atoms with Crippen molar-refractivity contribution in [3.63, 3.8) is 0 Å². The Morgan fingerprint density at radius 3 is 2.42 bits per heavy atom. The van der Waals surface area contributed by atoms with Crippen molar-refractivity contribution in [2.45, 2.75) is 91.3 Å². The Bertz CT molecular complexity index is 1070. The van der Waals surface area contributed by atoms with E-state index < -0.39 is 11.2 Å². The number of rotatable bonds is 12. The van der Waals surface area contributed by atoms with Gasteiger partial charge in [-0.25, -0.2) is 0 Å².